The van der Waals surface area contributed by atoms with E-state index in [4.69, 9.17) is 4.74 Å². The minimum Gasteiger partial charge on any atom is -0.384 e. The van der Waals surface area contributed by atoms with Crippen LogP contribution in [0, 0.1) is 12.2 Å². The summed E-state index contributed by atoms with van der Waals surface area (Å²) < 4.78 is 17.2. The molecule has 0 saturated carbocycles. The van der Waals surface area contributed by atoms with Crippen molar-refractivity contribution in [2.24, 2.45) is 0 Å². The normalized spacial score (nSPS) is 10.0. The molecule has 0 N–H and O–H groups in total. The van der Waals surface area contributed by atoms with Gasteiger partial charge in [0.1, 0.15) is 5.82 Å². The van der Waals surface area contributed by atoms with Gasteiger partial charge in [-0.3, -0.25) is 0 Å². The van der Waals surface area contributed by atoms with Crippen LogP contribution >= 0.6 is 0 Å². The van der Waals surface area contributed by atoms with E-state index in [0.717, 1.165) is 5.56 Å². The minimum absolute atomic E-state index is 0.209. The molecule has 1 nitrogen and oxygen atoms in total. The van der Waals surface area contributed by atoms with E-state index in [1.807, 2.05) is 6.42 Å². The molecule has 1 rings (SSSR count). The average Bonchev–Trinajstić information content (AvgIpc) is 2.04. The van der Waals surface area contributed by atoms with E-state index in [0.29, 0.717) is 6.61 Å². The van der Waals surface area contributed by atoms with Gasteiger partial charge in [-0.05, 0) is 17.7 Å². The third kappa shape index (κ3) is 2.68. The van der Waals surface area contributed by atoms with Gasteiger partial charge >= 0.3 is 0 Å². The molecule has 0 fully saturated rings. The maximum atomic E-state index is 12.4. The van der Waals surface area contributed by atoms with E-state index in [1.165, 1.54) is 12.1 Å². The van der Waals surface area contributed by atoms with Crippen molar-refractivity contribution in [2.75, 3.05) is 13.7 Å². The molecule has 11 heavy (non-hydrogen) atoms. The molecule has 0 aliphatic rings. The molecule has 0 aliphatic carbocycles. The van der Waals surface area contributed by atoms with Gasteiger partial charge in [-0.15, -0.1) is 0 Å². The molecule has 1 aromatic carbocycles. The van der Waals surface area contributed by atoms with Gasteiger partial charge in [0.15, 0.2) is 0 Å². The first-order valence-corrected chi connectivity index (χ1v) is 3.40. The monoisotopic (exact) mass is 153 g/mol. The molecule has 0 spiro atoms. The van der Waals surface area contributed by atoms with E-state index in [2.05, 4.69) is 0 Å². The highest BCUT2D eigenvalue weighted by Crippen LogP contribution is 2.04. The molecule has 1 radical (unpaired) electrons. The molecule has 1 aromatic rings. The summed E-state index contributed by atoms with van der Waals surface area (Å²) in [6.07, 6.45) is 1.89. The molecule has 0 aliphatic heterocycles. The van der Waals surface area contributed by atoms with Crippen LogP contribution in [0.4, 0.5) is 4.39 Å². The SMILES string of the molecule is COC[CH]c1ccc(F)cc1. The lowest BCUT2D eigenvalue weighted by atomic mass is 10.2. The van der Waals surface area contributed by atoms with Crippen molar-refractivity contribution in [3.8, 4) is 0 Å². The van der Waals surface area contributed by atoms with Crippen LogP contribution in [0.1, 0.15) is 5.56 Å². The predicted molar refractivity (Wildman–Crippen MR) is 41.7 cm³/mol. The van der Waals surface area contributed by atoms with Gasteiger partial charge in [0.2, 0.25) is 0 Å². The summed E-state index contributed by atoms with van der Waals surface area (Å²) in [5.74, 6) is -0.209. The Balaban J connectivity index is 2.52. The van der Waals surface area contributed by atoms with Crippen molar-refractivity contribution in [3.05, 3.63) is 42.1 Å². The Morgan fingerprint density at radius 1 is 1.36 bits per heavy atom. The largest absolute Gasteiger partial charge is 0.384 e. The maximum absolute atomic E-state index is 12.4. The molecular weight excluding hydrogens is 143 g/mol. The van der Waals surface area contributed by atoms with Crippen LogP contribution in [-0.2, 0) is 4.74 Å². The van der Waals surface area contributed by atoms with Crippen molar-refractivity contribution in [1.29, 1.82) is 0 Å². The van der Waals surface area contributed by atoms with Gasteiger partial charge in [0.25, 0.3) is 0 Å². The number of ether oxygens (including phenoxy) is 1. The number of rotatable bonds is 3. The highest BCUT2D eigenvalue weighted by atomic mass is 19.1. The van der Waals surface area contributed by atoms with Gasteiger partial charge in [-0.25, -0.2) is 4.39 Å². The highest BCUT2D eigenvalue weighted by Gasteiger charge is 1.92. The number of hydrogen-bond donors (Lipinski definition) is 0. The molecule has 0 atom stereocenters. The number of hydrogen-bond acceptors (Lipinski definition) is 1. The zero-order valence-electron chi connectivity index (χ0n) is 6.38. The quantitative estimate of drug-likeness (QED) is 0.645. The molecular formula is C9H10FO. The van der Waals surface area contributed by atoms with Crippen molar-refractivity contribution < 1.29 is 9.13 Å². The summed E-state index contributed by atoms with van der Waals surface area (Å²) >= 11 is 0. The Bertz CT molecular complexity index is 205. The molecule has 0 bridgehead atoms. The lowest BCUT2D eigenvalue weighted by molar-refractivity contribution is 0.225. The second kappa shape index (κ2) is 4.09. The van der Waals surface area contributed by atoms with Crippen molar-refractivity contribution >= 4 is 0 Å². The Kier molecular flexibility index (Phi) is 3.05. The summed E-state index contributed by atoms with van der Waals surface area (Å²) in [7, 11) is 1.63. The van der Waals surface area contributed by atoms with Gasteiger partial charge in [0, 0.05) is 13.5 Å². The lowest BCUT2D eigenvalue weighted by Crippen LogP contribution is -1.90. The van der Waals surface area contributed by atoms with Gasteiger partial charge in [-0.2, -0.15) is 0 Å². The Morgan fingerprint density at radius 2 is 2.00 bits per heavy atom. The maximum Gasteiger partial charge on any atom is 0.123 e. The molecule has 2 heteroatoms. The summed E-state index contributed by atoms with van der Waals surface area (Å²) in [5.41, 5.74) is 0.980. The lowest BCUT2D eigenvalue weighted by Gasteiger charge is -1.98. The zero-order chi connectivity index (χ0) is 8.10. The molecule has 0 saturated heterocycles. The third-order valence-corrected chi connectivity index (χ3v) is 1.36. The van der Waals surface area contributed by atoms with Crippen LogP contribution in [0.15, 0.2) is 24.3 Å². The van der Waals surface area contributed by atoms with Crippen LogP contribution in [-0.4, -0.2) is 13.7 Å². The summed E-state index contributed by atoms with van der Waals surface area (Å²) in [4.78, 5) is 0. The Morgan fingerprint density at radius 3 is 2.55 bits per heavy atom. The fourth-order valence-electron chi connectivity index (χ4n) is 0.778. The van der Waals surface area contributed by atoms with E-state index in [-0.39, 0.29) is 5.82 Å². The zero-order valence-corrected chi connectivity index (χ0v) is 6.38. The minimum atomic E-state index is -0.209. The van der Waals surface area contributed by atoms with Crippen LogP contribution in [0.25, 0.3) is 0 Å². The molecule has 0 unspecified atom stereocenters. The standard InChI is InChI=1S/C9H10FO/c1-11-7-6-8-2-4-9(10)5-3-8/h2-6H,7H2,1H3. The van der Waals surface area contributed by atoms with Crippen LogP contribution in [0.5, 0.6) is 0 Å². The predicted octanol–water partition coefficient (Wildman–Crippen LogP) is 2.02. The number of halogens is 1. The summed E-state index contributed by atoms with van der Waals surface area (Å²) in [6, 6.07) is 6.30. The van der Waals surface area contributed by atoms with Crippen LogP contribution < -0.4 is 0 Å². The van der Waals surface area contributed by atoms with Crippen LogP contribution in [0.2, 0.25) is 0 Å². The average molecular weight is 153 g/mol. The Labute approximate surface area is 65.8 Å². The Hall–Kier alpha value is -0.890. The van der Waals surface area contributed by atoms with E-state index >= 15 is 0 Å². The fourth-order valence-corrected chi connectivity index (χ4v) is 0.778. The smallest absolute Gasteiger partial charge is 0.123 e. The fraction of sp³-hybridized carbons (Fsp3) is 0.222. The molecule has 0 heterocycles. The van der Waals surface area contributed by atoms with Crippen molar-refractivity contribution in [3.63, 3.8) is 0 Å². The van der Waals surface area contributed by atoms with Gasteiger partial charge in [-0.1, -0.05) is 12.1 Å². The topological polar surface area (TPSA) is 9.23 Å². The molecule has 0 aromatic heterocycles. The van der Waals surface area contributed by atoms with E-state index in [9.17, 15) is 4.39 Å². The first-order chi connectivity index (χ1) is 5.33. The first kappa shape index (κ1) is 8.21. The summed E-state index contributed by atoms with van der Waals surface area (Å²) in [6.45, 7) is 0.561. The van der Waals surface area contributed by atoms with Gasteiger partial charge < -0.3 is 4.74 Å². The second-order valence-corrected chi connectivity index (χ2v) is 2.21. The van der Waals surface area contributed by atoms with Gasteiger partial charge in [0.05, 0.1) is 6.61 Å². The second-order valence-electron chi connectivity index (χ2n) is 2.21. The molecule has 59 valence electrons. The van der Waals surface area contributed by atoms with Crippen molar-refractivity contribution in [1.82, 2.24) is 0 Å². The number of benzene rings is 1. The molecule has 0 amide bonds. The van der Waals surface area contributed by atoms with E-state index < -0.39 is 0 Å². The number of methoxy groups -OCH3 is 1. The van der Waals surface area contributed by atoms with Crippen LogP contribution in [0.3, 0.4) is 0 Å². The third-order valence-electron chi connectivity index (χ3n) is 1.36. The van der Waals surface area contributed by atoms with Crippen molar-refractivity contribution in [2.45, 2.75) is 0 Å². The summed E-state index contributed by atoms with van der Waals surface area (Å²) in [5, 5.41) is 0. The van der Waals surface area contributed by atoms with E-state index in [1.54, 1.807) is 19.2 Å². The first-order valence-electron chi connectivity index (χ1n) is 3.40. The highest BCUT2D eigenvalue weighted by molar-refractivity contribution is 5.23.